The van der Waals surface area contributed by atoms with Crippen molar-refractivity contribution >= 4 is 28.7 Å². The molecule has 160 valence electrons. The van der Waals surface area contributed by atoms with E-state index in [0.29, 0.717) is 28.0 Å². The standard InChI is InChI=1S/C23H22N2O6/c1-2-30-23(29)20-15(18-13-14(31-12-11-26)7-8-19(18)24-20)9-10-25-21(27)16-5-3-4-6-17(16)22(25)28/h3-8,13,24,26H,2,9-12H2,1H3. The van der Waals surface area contributed by atoms with Gasteiger partial charge in [0.15, 0.2) is 0 Å². The summed E-state index contributed by atoms with van der Waals surface area (Å²) in [7, 11) is 0. The van der Waals surface area contributed by atoms with E-state index < -0.39 is 5.97 Å². The van der Waals surface area contributed by atoms with E-state index in [0.717, 1.165) is 5.39 Å². The molecule has 1 aliphatic heterocycles. The number of rotatable bonds is 8. The Kier molecular flexibility index (Phi) is 5.73. The molecule has 4 rings (SSSR count). The summed E-state index contributed by atoms with van der Waals surface area (Å²) in [5.74, 6) is -0.651. The van der Waals surface area contributed by atoms with Gasteiger partial charge in [-0.2, -0.15) is 0 Å². The molecule has 0 aliphatic carbocycles. The van der Waals surface area contributed by atoms with Crippen molar-refractivity contribution in [2.45, 2.75) is 13.3 Å². The van der Waals surface area contributed by atoms with E-state index in [4.69, 9.17) is 14.6 Å². The van der Waals surface area contributed by atoms with Gasteiger partial charge in [-0.3, -0.25) is 14.5 Å². The molecule has 0 saturated carbocycles. The minimum Gasteiger partial charge on any atom is -0.491 e. The predicted octanol–water partition coefficient (Wildman–Crippen LogP) is 2.55. The van der Waals surface area contributed by atoms with Crippen molar-refractivity contribution in [1.82, 2.24) is 9.88 Å². The van der Waals surface area contributed by atoms with Crippen LogP contribution in [0, 0.1) is 0 Å². The third-order valence-corrected chi connectivity index (χ3v) is 5.18. The zero-order chi connectivity index (χ0) is 22.0. The fraction of sp³-hybridized carbons (Fsp3) is 0.261. The van der Waals surface area contributed by atoms with Crippen molar-refractivity contribution in [3.8, 4) is 5.75 Å². The third kappa shape index (κ3) is 3.77. The van der Waals surface area contributed by atoms with Gasteiger partial charge < -0.3 is 19.6 Å². The number of benzene rings is 2. The number of hydrogen-bond acceptors (Lipinski definition) is 6. The predicted molar refractivity (Wildman–Crippen MR) is 112 cm³/mol. The van der Waals surface area contributed by atoms with Crippen LogP contribution in [0.2, 0.25) is 0 Å². The molecule has 0 spiro atoms. The number of fused-ring (bicyclic) bond motifs is 2. The molecule has 1 aliphatic rings. The van der Waals surface area contributed by atoms with Crippen LogP contribution in [-0.4, -0.2) is 59.1 Å². The molecule has 3 aromatic rings. The van der Waals surface area contributed by atoms with Crippen molar-refractivity contribution in [2.75, 3.05) is 26.4 Å². The van der Waals surface area contributed by atoms with Crippen LogP contribution in [0.1, 0.15) is 43.7 Å². The molecule has 2 heterocycles. The molecule has 0 saturated heterocycles. The quantitative estimate of drug-likeness (QED) is 0.427. The molecule has 2 N–H and O–H groups in total. The number of carbonyl (C=O) groups excluding carboxylic acids is 3. The Hall–Kier alpha value is -3.65. The minimum atomic E-state index is -0.506. The van der Waals surface area contributed by atoms with Crippen LogP contribution in [0.25, 0.3) is 10.9 Å². The number of nitrogens with zero attached hydrogens (tertiary/aromatic N) is 1. The fourth-order valence-corrected chi connectivity index (χ4v) is 3.78. The second-order valence-corrected chi connectivity index (χ2v) is 7.04. The zero-order valence-electron chi connectivity index (χ0n) is 17.0. The maximum atomic E-state index is 12.7. The van der Waals surface area contributed by atoms with E-state index >= 15 is 0 Å². The number of ether oxygens (including phenoxy) is 2. The normalized spacial score (nSPS) is 13.0. The van der Waals surface area contributed by atoms with Gasteiger partial charge >= 0.3 is 5.97 Å². The first kappa shape index (κ1) is 20.6. The van der Waals surface area contributed by atoms with Crippen molar-refractivity contribution < 1.29 is 29.0 Å². The highest BCUT2D eigenvalue weighted by atomic mass is 16.5. The van der Waals surface area contributed by atoms with Gasteiger partial charge in [-0.05, 0) is 49.2 Å². The molecule has 2 amide bonds. The van der Waals surface area contributed by atoms with Gasteiger partial charge in [-0.15, -0.1) is 0 Å². The van der Waals surface area contributed by atoms with E-state index in [1.165, 1.54) is 4.90 Å². The van der Waals surface area contributed by atoms with Crippen LogP contribution in [0.15, 0.2) is 42.5 Å². The number of esters is 1. The lowest BCUT2D eigenvalue weighted by molar-refractivity contribution is 0.0519. The van der Waals surface area contributed by atoms with Crippen molar-refractivity contribution in [1.29, 1.82) is 0 Å². The van der Waals surface area contributed by atoms with E-state index in [-0.39, 0.29) is 50.3 Å². The molecule has 0 unspecified atom stereocenters. The molecule has 8 heteroatoms. The SMILES string of the molecule is CCOC(=O)c1[nH]c2ccc(OCCO)cc2c1CCN1C(=O)c2ccccc2C1=O. The van der Waals surface area contributed by atoms with Crippen molar-refractivity contribution in [3.63, 3.8) is 0 Å². The number of aliphatic hydroxyl groups excluding tert-OH is 1. The number of nitrogens with one attached hydrogen (secondary N) is 1. The fourth-order valence-electron chi connectivity index (χ4n) is 3.78. The number of H-pyrrole nitrogens is 1. The summed E-state index contributed by atoms with van der Waals surface area (Å²) in [4.78, 5) is 42.2. The third-order valence-electron chi connectivity index (χ3n) is 5.18. The number of hydrogen-bond donors (Lipinski definition) is 2. The first-order chi connectivity index (χ1) is 15.0. The van der Waals surface area contributed by atoms with Crippen LogP contribution in [0.3, 0.4) is 0 Å². The van der Waals surface area contributed by atoms with E-state index in [9.17, 15) is 14.4 Å². The number of aromatic nitrogens is 1. The highest BCUT2D eigenvalue weighted by Crippen LogP contribution is 2.29. The number of aromatic amines is 1. The smallest absolute Gasteiger partial charge is 0.355 e. The van der Waals surface area contributed by atoms with E-state index in [1.54, 1.807) is 49.4 Å². The summed E-state index contributed by atoms with van der Waals surface area (Å²) in [5, 5.41) is 9.73. The molecular formula is C23H22N2O6. The molecule has 0 atom stereocenters. The second kappa shape index (κ2) is 8.61. The molecule has 0 fully saturated rings. The lowest BCUT2D eigenvalue weighted by Gasteiger charge is -2.14. The lowest BCUT2D eigenvalue weighted by Crippen LogP contribution is -2.32. The van der Waals surface area contributed by atoms with Crippen LogP contribution < -0.4 is 4.74 Å². The largest absolute Gasteiger partial charge is 0.491 e. The lowest BCUT2D eigenvalue weighted by atomic mass is 10.1. The van der Waals surface area contributed by atoms with E-state index in [1.807, 2.05) is 0 Å². The minimum absolute atomic E-state index is 0.118. The highest BCUT2D eigenvalue weighted by molar-refractivity contribution is 6.21. The van der Waals surface area contributed by atoms with E-state index in [2.05, 4.69) is 4.98 Å². The molecule has 1 aromatic heterocycles. The van der Waals surface area contributed by atoms with Gasteiger partial charge in [0.25, 0.3) is 11.8 Å². The van der Waals surface area contributed by atoms with Crippen molar-refractivity contribution in [2.24, 2.45) is 0 Å². The molecule has 0 bridgehead atoms. The van der Waals surface area contributed by atoms with Crippen LogP contribution in [-0.2, 0) is 11.2 Å². The van der Waals surface area contributed by atoms with Gasteiger partial charge in [-0.25, -0.2) is 4.79 Å². The summed E-state index contributed by atoms with van der Waals surface area (Å²) >= 11 is 0. The van der Waals surface area contributed by atoms with Crippen LogP contribution in [0.5, 0.6) is 5.75 Å². The maximum Gasteiger partial charge on any atom is 0.355 e. The van der Waals surface area contributed by atoms with Gasteiger partial charge in [-0.1, -0.05) is 12.1 Å². The Morgan fingerprint density at radius 1 is 1.10 bits per heavy atom. The highest BCUT2D eigenvalue weighted by Gasteiger charge is 2.35. The van der Waals surface area contributed by atoms with Gasteiger partial charge in [0.2, 0.25) is 0 Å². The van der Waals surface area contributed by atoms with Gasteiger partial charge in [0.05, 0.1) is 24.3 Å². The monoisotopic (exact) mass is 422 g/mol. The van der Waals surface area contributed by atoms with Gasteiger partial charge in [0.1, 0.15) is 18.1 Å². The summed E-state index contributed by atoms with van der Waals surface area (Å²) in [5.41, 5.74) is 2.40. The summed E-state index contributed by atoms with van der Waals surface area (Å²) in [6.45, 7) is 2.08. The first-order valence-corrected chi connectivity index (χ1v) is 10.1. The Morgan fingerprint density at radius 2 is 1.81 bits per heavy atom. The zero-order valence-corrected chi connectivity index (χ0v) is 17.0. The van der Waals surface area contributed by atoms with Crippen LogP contribution >= 0.6 is 0 Å². The number of aliphatic hydroxyl groups is 1. The average molecular weight is 422 g/mol. The molecule has 2 aromatic carbocycles. The Labute approximate surface area is 178 Å². The maximum absolute atomic E-state index is 12.7. The second-order valence-electron chi connectivity index (χ2n) is 7.04. The van der Waals surface area contributed by atoms with Crippen molar-refractivity contribution in [3.05, 3.63) is 64.8 Å². The van der Waals surface area contributed by atoms with Crippen LogP contribution in [0.4, 0.5) is 0 Å². The molecule has 31 heavy (non-hydrogen) atoms. The summed E-state index contributed by atoms with van der Waals surface area (Å²) in [6, 6.07) is 12.0. The molecular weight excluding hydrogens is 400 g/mol. The Morgan fingerprint density at radius 3 is 2.45 bits per heavy atom. The number of carbonyl (C=O) groups is 3. The number of imide groups is 1. The first-order valence-electron chi connectivity index (χ1n) is 10.1. The average Bonchev–Trinajstić information content (AvgIpc) is 3.26. The number of amides is 2. The Balaban J connectivity index is 1.66. The topological polar surface area (TPSA) is 109 Å². The summed E-state index contributed by atoms with van der Waals surface area (Å²) < 4.78 is 10.7. The summed E-state index contributed by atoms with van der Waals surface area (Å²) in [6.07, 6.45) is 0.267. The molecule has 8 nitrogen and oxygen atoms in total. The Bertz CT molecular complexity index is 1130. The van der Waals surface area contributed by atoms with Gasteiger partial charge in [0, 0.05) is 17.4 Å². The molecule has 0 radical (unpaired) electrons.